The molecule has 0 aliphatic heterocycles. The summed E-state index contributed by atoms with van der Waals surface area (Å²) in [5.41, 5.74) is 0. The Morgan fingerprint density at radius 1 is 1.26 bits per heavy atom. The van der Waals surface area contributed by atoms with Crippen LogP contribution in [0.1, 0.15) is 48.0 Å². The summed E-state index contributed by atoms with van der Waals surface area (Å²) in [6.07, 6.45) is -3.94. The third kappa shape index (κ3) is 80.3. The maximum absolute atomic E-state index is 10.6. The SMILES string of the molecule is CC#N.CC(C)O.CCC(C)C.O=C(O)C(F)(F)F. The summed E-state index contributed by atoms with van der Waals surface area (Å²) in [6.45, 7) is 11.5. The molecule has 0 aromatic rings. The lowest BCUT2D eigenvalue weighted by molar-refractivity contribution is -0.192. The molecule has 0 aliphatic carbocycles. The van der Waals surface area contributed by atoms with Crippen LogP contribution in [0.2, 0.25) is 0 Å². The molecule has 0 aromatic heterocycles. The molecule has 0 aromatic carbocycles. The smallest absolute Gasteiger partial charge is 0.475 e. The first kappa shape index (κ1) is 26.3. The van der Waals surface area contributed by atoms with E-state index in [9.17, 15) is 13.2 Å². The number of rotatable bonds is 1. The van der Waals surface area contributed by atoms with Crippen LogP contribution in [-0.4, -0.2) is 28.5 Å². The predicted molar refractivity (Wildman–Crippen MR) is 67.5 cm³/mol. The second-order valence-corrected chi connectivity index (χ2v) is 3.92. The molecule has 0 saturated heterocycles. The first-order valence-corrected chi connectivity index (χ1v) is 5.65. The minimum absolute atomic E-state index is 0.167. The summed E-state index contributed by atoms with van der Waals surface area (Å²) in [5, 5.41) is 22.5. The lowest BCUT2D eigenvalue weighted by Crippen LogP contribution is -2.21. The zero-order valence-corrected chi connectivity index (χ0v) is 12.2. The second-order valence-electron chi connectivity index (χ2n) is 3.92. The summed E-state index contributed by atoms with van der Waals surface area (Å²) < 4.78 is 31.7. The number of aliphatic hydroxyl groups excluding tert-OH is 1. The highest BCUT2D eigenvalue weighted by atomic mass is 19.4. The van der Waals surface area contributed by atoms with Crippen LogP contribution in [0.4, 0.5) is 13.2 Å². The quantitative estimate of drug-likeness (QED) is 0.772. The topological polar surface area (TPSA) is 81.3 Å². The molecule has 0 saturated carbocycles. The molecule has 0 fully saturated rings. The molecule has 7 heteroatoms. The third-order valence-corrected chi connectivity index (χ3v) is 1.06. The maximum Gasteiger partial charge on any atom is 0.490 e. The largest absolute Gasteiger partial charge is 0.490 e. The Bertz CT molecular complexity index is 231. The van der Waals surface area contributed by atoms with E-state index < -0.39 is 12.1 Å². The van der Waals surface area contributed by atoms with Gasteiger partial charge >= 0.3 is 12.1 Å². The first-order valence-electron chi connectivity index (χ1n) is 5.65. The average Bonchev–Trinajstić information content (AvgIpc) is 2.17. The van der Waals surface area contributed by atoms with Gasteiger partial charge in [0.1, 0.15) is 0 Å². The van der Waals surface area contributed by atoms with Crippen LogP contribution >= 0.6 is 0 Å². The normalized spacial score (nSPS) is 9.00. The number of alkyl halides is 3. The molecule has 0 radical (unpaired) electrons. The van der Waals surface area contributed by atoms with E-state index in [0.717, 1.165) is 5.92 Å². The van der Waals surface area contributed by atoms with Crippen LogP contribution in [-0.2, 0) is 4.79 Å². The summed E-state index contributed by atoms with van der Waals surface area (Å²) >= 11 is 0. The Morgan fingerprint density at radius 2 is 1.37 bits per heavy atom. The van der Waals surface area contributed by atoms with Crippen LogP contribution in [0, 0.1) is 17.2 Å². The first-order chi connectivity index (χ1) is 8.36. The summed E-state index contributed by atoms with van der Waals surface area (Å²) in [6, 6.07) is 1.75. The molecule has 116 valence electrons. The molecule has 4 nitrogen and oxygen atoms in total. The fourth-order valence-corrected chi connectivity index (χ4v) is 0. The van der Waals surface area contributed by atoms with Crippen molar-refractivity contribution in [3.8, 4) is 6.07 Å². The fraction of sp³-hybridized carbons (Fsp3) is 0.833. The molecular weight excluding hydrogens is 263 g/mol. The standard InChI is InChI=1S/C5H12.C3H8O.C2HF3O2.C2H3N/c1-4-5(2)3;1-3(2)4;3-2(4,5)1(6)7;1-2-3/h5H,4H2,1-3H3;3-4H,1-2H3;(H,6,7);1H3. The van der Waals surface area contributed by atoms with Gasteiger partial charge in [0.05, 0.1) is 6.07 Å². The van der Waals surface area contributed by atoms with Crippen LogP contribution in [0.3, 0.4) is 0 Å². The number of aliphatic carboxylic acids is 1. The van der Waals surface area contributed by atoms with Crippen molar-refractivity contribution in [3.63, 3.8) is 0 Å². The Balaban J connectivity index is -0.0000000833. The van der Waals surface area contributed by atoms with Gasteiger partial charge in [0.2, 0.25) is 0 Å². The van der Waals surface area contributed by atoms with E-state index in [0.29, 0.717) is 0 Å². The van der Waals surface area contributed by atoms with Gasteiger partial charge in [-0.25, -0.2) is 4.79 Å². The van der Waals surface area contributed by atoms with Gasteiger partial charge in [-0.3, -0.25) is 0 Å². The van der Waals surface area contributed by atoms with Crippen molar-refractivity contribution < 1.29 is 28.2 Å². The Hall–Kier alpha value is -1.29. The Morgan fingerprint density at radius 3 is 1.37 bits per heavy atom. The number of carboxylic acid groups (broad SMARTS) is 1. The molecule has 0 unspecified atom stereocenters. The lowest BCUT2D eigenvalue weighted by atomic mass is 10.2. The zero-order chi connectivity index (χ0) is 16.6. The summed E-state index contributed by atoms with van der Waals surface area (Å²) in [5.74, 6) is -1.87. The van der Waals surface area contributed by atoms with Gasteiger partial charge in [0.15, 0.2) is 0 Å². The molecule has 0 rings (SSSR count). The van der Waals surface area contributed by atoms with E-state index >= 15 is 0 Å². The number of halogens is 3. The van der Waals surface area contributed by atoms with Crippen molar-refractivity contribution >= 4 is 5.97 Å². The van der Waals surface area contributed by atoms with Gasteiger partial charge in [0, 0.05) is 13.0 Å². The number of nitrogens with zero attached hydrogens (tertiary/aromatic N) is 1. The number of carboxylic acids is 1. The average molecular weight is 287 g/mol. The monoisotopic (exact) mass is 287 g/mol. The minimum Gasteiger partial charge on any atom is -0.475 e. The highest BCUT2D eigenvalue weighted by Crippen LogP contribution is 2.13. The molecule has 0 heterocycles. The van der Waals surface area contributed by atoms with Crippen LogP contribution < -0.4 is 0 Å². The van der Waals surface area contributed by atoms with E-state index in [-0.39, 0.29) is 6.10 Å². The van der Waals surface area contributed by atoms with Crippen molar-refractivity contribution in [2.45, 2.75) is 60.2 Å². The van der Waals surface area contributed by atoms with Crippen LogP contribution in [0.25, 0.3) is 0 Å². The van der Waals surface area contributed by atoms with Crippen molar-refractivity contribution in [1.82, 2.24) is 0 Å². The van der Waals surface area contributed by atoms with Crippen molar-refractivity contribution in [3.05, 3.63) is 0 Å². The van der Waals surface area contributed by atoms with E-state index in [4.69, 9.17) is 20.3 Å². The molecule has 19 heavy (non-hydrogen) atoms. The molecule has 0 bridgehead atoms. The van der Waals surface area contributed by atoms with E-state index in [1.54, 1.807) is 19.9 Å². The fourth-order valence-electron chi connectivity index (χ4n) is 0. The van der Waals surface area contributed by atoms with Crippen molar-refractivity contribution in [2.24, 2.45) is 5.92 Å². The van der Waals surface area contributed by atoms with E-state index in [1.807, 2.05) is 0 Å². The van der Waals surface area contributed by atoms with Crippen LogP contribution in [0.5, 0.6) is 0 Å². The van der Waals surface area contributed by atoms with Gasteiger partial charge in [-0.15, -0.1) is 0 Å². The van der Waals surface area contributed by atoms with Gasteiger partial charge in [-0.1, -0.05) is 27.2 Å². The predicted octanol–water partition coefficient (Wildman–Crippen LogP) is 3.60. The molecular formula is C12H24F3NO3. The molecule has 0 amide bonds. The summed E-state index contributed by atoms with van der Waals surface area (Å²) in [4.78, 5) is 8.90. The van der Waals surface area contributed by atoms with Gasteiger partial charge < -0.3 is 10.2 Å². The number of hydrogen-bond acceptors (Lipinski definition) is 3. The lowest BCUT2D eigenvalue weighted by Gasteiger charge is -1.93. The number of aliphatic hydroxyl groups is 1. The molecule has 0 atom stereocenters. The Labute approximate surface area is 112 Å². The number of nitriles is 1. The zero-order valence-electron chi connectivity index (χ0n) is 12.2. The molecule has 0 aliphatic rings. The maximum atomic E-state index is 10.6. The summed E-state index contributed by atoms with van der Waals surface area (Å²) in [7, 11) is 0. The van der Waals surface area contributed by atoms with Gasteiger partial charge in [0.25, 0.3) is 0 Å². The third-order valence-electron chi connectivity index (χ3n) is 1.06. The molecule has 0 spiro atoms. The van der Waals surface area contributed by atoms with E-state index in [2.05, 4.69) is 20.8 Å². The highest BCUT2D eigenvalue weighted by molar-refractivity contribution is 5.73. The van der Waals surface area contributed by atoms with Crippen molar-refractivity contribution in [2.75, 3.05) is 0 Å². The number of hydrogen-bond donors (Lipinski definition) is 2. The number of carbonyl (C=O) groups is 1. The van der Waals surface area contributed by atoms with Crippen LogP contribution in [0.15, 0.2) is 0 Å². The van der Waals surface area contributed by atoms with E-state index in [1.165, 1.54) is 13.3 Å². The molecule has 2 N–H and O–H groups in total. The van der Waals surface area contributed by atoms with Gasteiger partial charge in [-0.05, 0) is 19.8 Å². The highest BCUT2D eigenvalue weighted by Gasteiger charge is 2.38. The van der Waals surface area contributed by atoms with Crippen molar-refractivity contribution in [1.29, 1.82) is 5.26 Å². The van der Waals surface area contributed by atoms with Gasteiger partial charge in [-0.2, -0.15) is 18.4 Å². The second kappa shape index (κ2) is 16.7. The Kier molecular flexibility index (Phi) is 23.1. The minimum atomic E-state index is -5.08.